The van der Waals surface area contributed by atoms with Crippen LogP contribution in [0.4, 0.5) is 27.7 Å². The van der Waals surface area contributed by atoms with Gasteiger partial charge in [0, 0.05) is 18.5 Å². The van der Waals surface area contributed by atoms with Crippen molar-refractivity contribution >= 4 is 44.3 Å². The van der Waals surface area contributed by atoms with E-state index in [0.717, 1.165) is 5.56 Å². The molecule has 194 valence electrons. The molecule has 0 amide bonds. The lowest BCUT2D eigenvalue weighted by molar-refractivity contribution is 0.295. The Hall–Kier alpha value is -4.42. The molecule has 3 N–H and O–H groups in total. The summed E-state index contributed by atoms with van der Waals surface area (Å²) in [6.07, 6.45) is 3.41. The van der Waals surface area contributed by atoms with Crippen LogP contribution in [0.1, 0.15) is 12.0 Å². The van der Waals surface area contributed by atoms with Gasteiger partial charge in [0.2, 0.25) is 5.95 Å². The maximum Gasteiger partial charge on any atom is 0.232 e. The molecule has 0 unspecified atom stereocenters. The molecule has 0 saturated carbocycles. The highest BCUT2D eigenvalue weighted by atomic mass is 32.2. The minimum atomic E-state index is -3.50. The van der Waals surface area contributed by atoms with E-state index >= 15 is 0 Å². The number of imidazole rings is 1. The SMILES string of the molecule is Cc1ccc(Nc2nc(Nc3ccc(S(=O)(=O)CCCO)cc3)c3ncn(-c4cccc(F)c4)c3n2)nc1. The Kier molecular flexibility index (Phi) is 6.99. The van der Waals surface area contributed by atoms with Crippen molar-refractivity contribution in [1.82, 2.24) is 24.5 Å². The molecule has 0 saturated heterocycles. The third kappa shape index (κ3) is 5.45. The summed E-state index contributed by atoms with van der Waals surface area (Å²) in [5.41, 5.74) is 2.96. The highest BCUT2D eigenvalue weighted by Crippen LogP contribution is 2.28. The van der Waals surface area contributed by atoms with Gasteiger partial charge in [-0.05, 0) is 67.4 Å². The van der Waals surface area contributed by atoms with Crippen LogP contribution in [0.5, 0.6) is 0 Å². The number of rotatable bonds is 9. The first-order valence-electron chi connectivity index (χ1n) is 11.7. The Morgan fingerprint density at radius 3 is 2.53 bits per heavy atom. The number of hydrogen-bond acceptors (Lipinski definition) is 9. The summed E-state index contributed by atoms with van der Waals surface area (Å²) in [5.74, 6) is 0.596. The molecule has 5 aromatic rings. The fourth-order valence-corrected chi connectivity index (χ4v) is 5.06. The van der Waals surface area contributed by atoms with Gasteiger partial charge in [-0.2, -0.15) is 9.97 Å². The van der Waals surface area contributed by atoms with Gasteiger partial charge >= 0.3 is 0 Å². The van der Waals surface area contributed by atoms with E-state index in [-0.39, 0.29) is 29.6 Å². The Morgan fingerprint density at radius 2 is 1.82 bits per heavy atom. The second kappa shape index (κ2) is 10.5. The van der Waals surface area contributed by atoms with Crippen molar-refractivity contribution < 1.29 is 17.9 Å². The standard InChI is InChI=1S/C26H24FN7O3S/c1-17-6-11-22(28-15-17)31-26-32-24(30-19-7-9-21(10-8-19)38(36,37)13-3-12-35)23-25(33-26)34(16-29-23)20-5-2-4-18(27)14-20/h2,4-11,14-16,35H,3,12-13H2,1H3,(H2,28,30,31,32,33). The Labute approximate surface area is 218 Å². The van der Waals surface area contributed by atoms with Gasteiger partial charge in [-0.25, -0.2) is 22.8 Å². The van der Waals surface area contributed by atoms with E-state index in [1.807, 2.05) is 13.0 Å². The van der Waals surface area contributed by atoms with Crippen molar-refractivity contribution in [2.75, 3.05) is 23.0 Å². The molecule has 0 aliphatic heterocycles. The summed E-state index contributed by atoms with van der Waals surface area (Å²) in [6.45, 7) is 1.74. The van der Waals surface area contributed by atoms with Crippen LogP contribution in [0, 0.1) is 12.7 Å². The van der Waals surface area contributed by atoms with Gasteiger partial charge < -0.3 is 15.7 Å². The predicted molar refractivity (Wildman–Crippen MR) is 142 cm³/mol. The number of nitrogens with zero attached hydrogens (tertiary/aromatic N) is 5. The minimum absolute atomic E-state index is 0.137. The first kappa shape index (κ1) is 25.2. The Morgan fingerprint density at radius 1 is 1.00 bits per heavy atom. The van der Waals surface area contributed by atoms with E-state index < -0.39 is 15.7 Å². The summed E-state index contributed by atoms with van der Waals surface area (Å²) < 4.78 is 40.5. The topological polar surface area (TPSA) is 135 Å². The van der Waals surface area contributed by atoms with Crippen molar-refractivity contribution in [3.05, 3.63) is 84.6 Å². The number of sulfone groups is 1. The van der Waals surface area contributed by atoms with Crippen LogP contribution in [0.15, 0.2) is 78.1 Å². The molecule has 0 aliphatic carbocycles. The fraction of sp³-hybridized carbons (Fsp3) is 0.154. The van der Waals surface area contributed by atoms with Crippen LogP contribution in [0.2, 0.25) is 0 Å². The number of aliphatic hydroxyl groups is 1. The zero-order valence-electron chi connectivity index (χ0n) is 20.3. The van der Waals surface area contributed by atoms with Crippen LogP contribution in [0.25, 0.3) is 16.9 Å². The van der Waals surface area contributed by atoms with Gasteiger partial charge in [-0.3, -0.25) is 4.57 Å². The van der Waals surface area contributed by atoms with Crippen molar-refractivity contribution in [2.24, 2.45) is 0 Å². The molecule has 0 fully saturated rings. The zero-order chi connectivity index (χ0) is 26.7. The molecule has 5 rings (SSSR count). The molecular formula is C26H24FN7O3S. The number of aliphatic hydroxyl groups excluding tert-OH is 1. The van der Waals surface area contributed by atoms with Gasteiger partial charge in [0.1, 0.15) is 18.0 Å². The van der Waals surface area contributed by atoms with Gasteiger partial charge in [0.05, 0.1) is 16.3 Å². The maximum atomic E-state index is 14.0. The molecule has 0 spiro atoms. The molecule has 0 radical (unpaired) electrons. The number of hydrogen-bond donors (Lipinski definition) is 3. The highest BCUT2D eigenvalue weighted by molar-refractivity contribution is 7.91. The minimum Gasteiger partial charge on any atom is -0.396 e. The maximum absolute atomic E-state index is 14.0. The molecule has 0 bridgehead atoms. The van der Waals surface area contributed by atoms with Crippen molar-refractivity contribution in [1.29, 1.82) is 0 Å². The van der Waals surface area contributed by atoms with Gasteiger partial charge in [-0.15, -0.1) is 0 Å². The van der Waals surface area contributed by atoms with Gasteiger partial charge in [0.15, 0.2) is 26.8 Å². The molecule has 3 heterocycles. The molecule has 0 atom stereocenters. The number of aryl methyl sites for hydroxylation is 1. The summed E-state index contributed by atoms with van der Waals surface area (Å²) in [5, 5.41) is 15.2. The van der Waals surface area contributed by atoms with E-state index in [2.05, 4.69) is 30.6 Å². The molecule has 10 nitrogen and oxygen atoms in total. The lowest BCUT2D eigenvalue weighted by Gasteiger charge is -2.11. The first-order chi connectivity index (χ1) is 18.3. The van der Waals surface area contributed by atoms with E-state index in [9.17, 15) is 12.8 Å². The highest BCUT2D eigenvalue weighted by Gasteiger charge is 2.17. The lowest BCUT2D eigenvalue weighted by atomic mass is 10.3. The fourth-order valence-electron chi connectivity index (χ4n) is 3.77. The number of aromatic nitrogens is 5. The summed E-state index contributed by atoms with van der Waals surface area (Å²) in [6, 6.07) is 16.0. The molecule has 12 heteroatoms. The van der Waals surface area contributed by atoms with Crippen molar-refractivity contribution in [2.45, 2.75) is 18.2 Å². The second-order valence-electron chi connectivity index (χ2n) is 8.55. The smallest absolute Gasteiger partial charge is 0.232 e. The predicted octanol–water partition coefficient (Wildman–Crippen LogP) is 4.30. The zero-order valence-corrected chi connectivity index (χ0v) is 21.2. The Balaban J connectivity index is 1.54. The van der Waals surface area contributed by atoms with Crippen LogP contribution in [0.3, 0.4) is 0 Å². The second-order valence-corrected chi connectivity index (χ2v) is 10.7. The number of nitrogens with one attached hydrogen (secondary N) is 2. The first-order valence-corrected chi connectivity index (χ1v) is 13.4. The van der Waals surface area contributed by atoms with E-state index in [0.29, 0.717) is 34.2 Å². The van der Waals surface area contributed by atoms with Crippen LogP contribution in [-0.4, -0.2) is 50.4 Å². The Bertz CT molecular complexity index is 1690. The third-order valence-corrected chi connectivity index (χ3v) is 7.50. The van der Waals surface area contributed by atoms with Gasteiger partial charge in [-0.1, -0.05) is 12.1 Å². The summed E-state index contributed by atoms with van der Waals surface area (Å²) in [7, 11) is -3.50. The number of halogens is 1. The van der Waals surface area contributed by atoms with Crippen LogP contribution < -0.4 is 10.6 Å². The molecule has 2 aromatic carbocycles. The monoisotopic (exact) mass is 533 g/mol. The van der Waals surface area contributed by atoms with E-state index in [4.69, 9.17) is 5.11 Å². The van der Waals surface area contributed by atoms with Crippen LogP contribution in [-0.2, 0) is 9.84 Å². The van der Waals surface area contributed by atoms with E-state index in [1.165, 1.54) is 30.6 Å². The number of benzene rings is 2. The molecule has 38 heavy (non-hydrogen) atoms. The lowest BCUT2D eigenvalue weighted by Crippen LogP contribution is -2.08. The summed E-state index contributed by atoms with van der Waals surface area (Å²) in [4.78, 5) is 18.2. The quantitative estimate of drug-likeness (QED) is 0.253. The molecule has 0 aliphatic rings. The van der Waals surface area contributed by atoms with Crippen molar-refractivity contribution in [3.8, 4) is 5.69 Å². The summed E-state index contributed by atoms with van der Waals surface area (Å²) >= 11 is 0. The van der Waals surface area contributed by atoms with Crippen LogP contribution >= 0.6 is 0 Å². The molecule has 3 aromatic heterocycles. The largest absolute Gasteiger partial charge is 0.396 e. The molecular weight excluding hydrogens is 509 g/mol. The van der Waals surface area contributed by atoms with E-state index in [1.54, 1.807) is 41.1 Å². The third-order valence-electron chi connectivity index (χ3n) is 5.68. The average Bonchev–Trinajstić information content (AvgIpc) is 3.34. The number of anilines is 4. The number of pyridine rings is 1. The normalized spacial score (nSPS) is 11.6. The average molecular weight is 534 g/mol. The van der Waals surface area contributed by atoms with Crippen molar-refractivity contribution in [3.63, 3.8) is 0 Å². The number of fused-ring (bicyclic) bond motifs is 1. The van der Waals surface area contributed by atoms with Gasteiger partial charge in [0.25, 0.3) is 0 Å².